The molecule has 0 aliphatic rings. The lowest BCUT2D eigenvalue weighted by atomic mass is 10.3. The van der Waals surface area contributed by atoms with Gasteiger partial charge in [-0.1, -0.05) is 0 Å². The van der Waals surface area contributed by atoms with Crippen molar-refractivity contribution in [3.8, 4) is 0 Å². The molecule has 0 saturated carbocycles. The van der Waals surface area contributed by atoms with E-state index in [1.165, 1.54) is 0 Å². The van der Waals surface area contributed by atoms with Gasteiger partial charge in [0.15, 0.2) is 0 Å². The number of hydrogen-bond acceptors (Lipinski definition) is 5. The van der Waals surface area contributed by atoms with Crippen LogP contribution in [0.3, 0.4) is 0 Å². The minimum Gasteiger partial charge on any atom is -0.385 e. The van der Waals surface area contributed by atoms with Gasteiger partial charge in [-0.05, 0) is 18.9 Å². The minimum absolute atomic E-state index is 0.486. The Balaban J connectivity index is 2.18. The van der Waals surface area contributed by atoms with Gasteiger partial charge in [0.1, 0.15) is 5.82 Å². The minimum atomic E-state index is 0.486. The van der Waals surface area contributed by atoms with Crippen molar-refractivity contribution in [2.45, 2.75) is 12.8 Å². The predicted molar refractivity (Wildman–Crippen MR) is 56.0 cm³/mol. The third-order valence-electron chi connectivity index (χ3n) is 1.74. The van der Waals surface area contributed by atoms with E-state index in [1.807, 2.05) is 0 Å². The molecule has 0 saturated heterocycles. The van der Waals surface area contributed by atoms with Gasteiger partial charge in [0, 0.05) is 26.5 Å². The monoisotopic (exact) mass is 196 g/mol. The highest BCUT2D eigenvalue weighted by Gasteiger charge is 1.94. The Labute approximate surface area is 83.7 Å². The summed E-state index contributed by atoms with van der Waals surface area (Å²) in [5.41, 5.74) is 5.50. The molecule has 1 heterocycles. The first-order chi connectivity index (χ1) is 6.83. The lowest BCUT2D eigenvalue weighted by Crippen LogP contribution is -2.07. The Morgan fingerprint density at radius 1 is 1.50 bits per heavy atom. The molecule has 0 amide bonds. The van der Waals surface area contributed by atoms with Gasteiger partial charge in [0.25, 0.3) is 0 Å². The van der Waals surface area contributed by atoms with Gasteiger partial charge in [-0.2, -0.15) is 4.98 Å². The molecule has 1 aromatic rings. The van der Waals surface area contributed by atoms with Crippen molar-refractivity contribution in [2.75, 3.05) is 31.3 Å². The maximum atomic E-state index is 5.50. The van der Waals surface area contributed by atoms with Crippen LogP contribution in [-0.2, 0) is 4.74 Å². The molecule has 5 heteroatoms. The molecule has 0 fully saturated rings. The maximum Gasteiger partial charge on any atom is 0.224 e. The SMILES string of the molecule is COCCCCNc1nccc(N)n1. The summed E-state index contributed by atoms with van der Waals surface area (Å²) in [6, 6.07) is 1.66. The van der Waals surface area contributed by atoms with Crippen molar-refractivity contribution >= 4 is 11.8 Å². The number of nitrogens with zero attached hydrogens (tertiary/aromatic N) is 2. The van der Waals surface area contributed by atoms with E-state index in [-0.39, 0.29) is 0 Å². The van der Waals surface area contributed by atoms with Crippen LogP contribution >= 0.6 is 0 Å². The summed E-state index contributed by atoms with van der Waals surface area (Å²) < 4.78 is 4.93. The molecule has 0 atom stereocenters. The second kappa shape index (κ2) is 6.15. The first kappa shape index (κ1) is 10.7. The van der Waals surface area contributed by atoms with E-state index in [0.717, 1.165) is 26.0 Å². The molecular formula is C9H16N4O. The van der Waals surface area contributed by atoms with Crippen LogP contribution in [0.25, 0.3) is 0 Å². The number of nitrogens with two attached hydrogens (primary N) is 1. The molecule has 0 radical (unpaired) electrons. The molecule has 0 aliphatic heterocycles. The van der Waals surface area contributed by atoms with Crippen molar-refractivity contribution in [3.63, 3.8) is 0 Å². The summed E-state index contributed by atoms with van der Waals surface area (Å²) in [6.07, 6.45) is 3.71. The van der Waals surface area contributed by atoms with E-state index in [1.54, 1.807) is 19.4 Å². The standard InChI is InChI=1S/C9H16N4O/c1-14-7-3-2-5-11-9-12-6-4-8(10)13-9/h4,6H,2-3,5,7H2,1H3,(H3,10,11,12,13). The number of nitrogens with one attached hydrogen (secondary N) is 1. The largest absolute Gasteiger partial charge is 0.385 e. The predicted octanol–water partition coefficient (Wildman–Crippen LogP) is 0.897. The fraction of sp³-hybridized carbons (Fsp3) is 0.556. The highest BCUT2D eigenvalue weighted by atomic mass is 16.5. The van der Waals surface area contributed by atoms with Crippen LogP contribution in [0.1, 0.15) is 12.8 Å². The molecule has 0 unspecified atom stereocenters. The van der Waals surface area contributed by atoms with E-state index >= 15 is 0 Å². The van der Waals surface area contributed by atoms with E-state index < -0.39 is 0 Å². The lowest BCUT2D eigenvalue weighted by Gasteiger charge is -2.04. The second-order valence-electron chi connectivity index (χ2n) is 2.93. The number of anilines is 2. The van der Waals surface area contributed by atoms with Gasteiger partial charge in [0.2, 0.25) is 5.95 Å². The molecule has 14 heavy (non-hydrogen) atoms. The molecule has 0 aromatic carbocycles. The van der Waals surface area contributed by atoms with Crippen LogP contribution < -0.4 is 11.1 Å². The summed E-state index contributed by atoms with van der Waals surface area (Å²) in [7, 11) is 1.70. The number of hydrogen-bond donors (Lipinski definition) is 2. The fourth-order valence-corrected chi connectivity index (χ4v) is 1.03. The van der Waals surface area contributed by atoms with Crippen molar-refractivity contribution in [1.29, 1.82) is 0 Å². The van der Waals surface area contributed by atoms with E-state index in [9.17, 15) is 0 Å². The number of aromatic nitrogens is 2. The van der Waals surface area contributed by atoms with Gasteiger partial charge < -0.3 is 15.8 Å². The Morgan fingerprint density at radius 3 is 3.07 bits per heavy atom. The average molecular weight is 196 g/mol. The van der Waals surface area contributed by atoms with Crippen molar-refractivity contribution < 1.29 is 4.74 Å². The molecule has 5 nitrogen and oxygen atoms in total. The Morgan fingerprint density at radius 2 is 2.36 bits per heavy atom. The zero-order valence-corrected chi connectivity index (χ0v) is 8.36. The van der Waals surface area contributed by atoms with Gasteiger partial charge in [-0.25, -0.2) is 4.98 Å². The Hall–Kier alpha value is -1.36. The van der Waals surface area contributed by atoms with Crippen LogP contribution in [0.15, 0.2) is 12.3 Å². The molecule has 0 aliphatic carbocycles. The van der Waals surface area contributed by atoms with Gasteiger partial charge in [-0.15, -0.1) is 0 Å². The van der Waals surface area contributed by atoms with Crippen LogP contribution in [0.2, 0.25) is 0 Å². The molecule has 3 N–H and O–H groups in total. The van der Waals surface area contributed by atoms with Gasteiger partial charge >= 0.3 is 0 Å². The summed E-state index contributed by atoms with van der Waals surface area (Å²) >= 11 is 0. The first-order valence-corrected chi connectivity index (χ1v) is 4.64. The number of rotatable bonds is 6. The van der Waals surface area contributed by atoms with Crippen molar-refractivity contribution in [3.05, 3.63) is 12.3 Å². The zero-order valence-electron chi connectivity index (χ0n) is 8.36. The molecule has 0 bridgehead atoms. The van der Waals surface area contributed by atoms with Crippen LogP contribution in [0.5, 0.6) is 0 Å². The molecular weight excluding hydrogens is 180 g/mol. The van der Waals surface area contributed by atoms with Crippen molar-refractivity contribution in [2.24, 2.45) is 0 Å². The number of nitrogen functional groups attached to an aromatic ring is 1. The third-order valence-corrected chi connectivity index (χ3v) is 1.74. The quantitative estimate of drug-likeness (QED) is 0.661. The normalized spacial score (nSPS) is 10.1. The second-order valence-corrected chi connectivity index (χ2v) is 2.93. The van der Waals surface area contributed by atoms with Gasteiger partial charge in [0.05, 0.1) is 0 Å². The number of ether oxygens (including phenoxy) is 1. The van der Waals surface area contributed by atoms with Gasteiger partial charge in [-0.3, -0.25) is 0 Å². The Kier molecular flexibility index (Phi) is 4.71. The van der Waals surface area contributed by atoms with Crippen LogP contribution in [0.4, 0.5) is 11.8 Å². The first-order valence-electron chi connectivity index (χ1n) is 4.64. The maximum absolute atomic E-state index is 5.50. The summed E-state index contributed by atoms with van der Waals surface area (Å²) in [6.45, 7) is 1.63. The molecule has 1 aromatic heterocycles. The summed E-state index contributed by atoms with van der Waals surface area (Å²) in [5.74, 6) is 1.07. The van der Waals surface area contributed by atoms with E-state index in [0.29, 0.717) is 11.8 Å². The topological polar surface area (TPSA) is 73.1 Å². The lowest BCUT2D eigenvalue weighted by molar-refractivity contribution is 0.193. The average Bonchev–Trinajstić information content (AvgIpc) is 2.18. The molecule has 1 rings (SSSR count). The summed E-state index contributed by atoms with van der Waals surface area (Å²) in [4.78, 5) is 8.04. The summed E-state index contributed by atoms with van der Waals surface area (Å²) in [5, 5.41) is 3.09. The smallest absolute Gasteiger partial charge is 0.224 e. The molecule has 78 valence electrons. The molecule has 0 spiro atoms. The van der Waals surface area contributed by atoms with E-state index in [2.05, 4.69) is 15.3 Å². The highest BCUT2D eigenvalue weighted by Crippen LogP contribution is 2.01. The van der Waals surface area contributed by atoms with Crippen molar-refractivity contribution in [1.82, 2.24) is 9.97 Å². The fourth-order valence-electron chi connectivity index (χ4n) is 1.03. The zero-order chi connectivity index (χ0) is 10.2. The number of unbranched alkanes of at least 4 members (excludes halogenated alkanes) is 1. The number of methoxy groups -OCH3 is 1. The van der Waals surface area contributed by atoms with E-state index in [4.69, 9.17) is 10.5 Å². The van der Waals surface area contributed by atoms with Crippen LogP contribution in [-0.4, -0.2) is 30.2 Å². The third kappa shape index (κ3) is 4.04. The Bertz CT molecular complexity index is 267. The highest BCUT2D eigenvalue weighted by molar-refractivity contribution is 5.34. The van der Waals surface area contributed by atoms with Crippen LogP contribution in [0, 0.1) is 0 Å².